The van der Waals surface area contributed by atoms with Crippen LogP contribution in [0.4, 0.5) is 0 Å². The fourth-order valence-corrected chi connectivity index (χ4v) is 4.79. The molecule has 1 amide bonds. The molecular weight excluding hydrogens is 328 g/mol. The number of carboxylic acid groups (broad SMARTS) is 1. The number of carbonyl (C=O) groups excluding carboxylic acids is 1. The second kappa shape index (κ2) is 8.63. The fourth-order valence-electron chi connectivity index (χ4n) is 1.40. The highest BCUT2D eigenvalue weighted by Crippen LogP contribution is 2.60. The van der Waals surface area contributed by atoms with E-state index in [0.717, 1.165) is 0 Å². The summed E-state index contributed by atoms with van der Waals surface area (Å²) in [5.41, 5.74) is 0. The number of carboxylic acids is 1. The molecule has 0 aromatic carbocycles. The summed E-state index contributed by atoms with van der Waals surface area (Å²) in [7, 11) is -9.20. The van der Waals surface area contributed by atoms with Crippen LogP contribution in [0.1, 0.15) is 20.8 Å². The lowest BCUT2D eigenvalue weighted by atomic mass is 10.6. The Bertz CT molecular complexity index is 444. The van der Waals surface area contributed by atoms with Crippen molar-refractivity contribution in [3.8, 4) is 0 Å². The van der Waals surface area contributed by atoms with Gasteiger partial charge < -0.3 is 14.5 Å². The van der Waals surface area contributed by atoms with E-state index in [1.807, 2.05) is 0 Å². The van der Waals surface area contributed by atoms with Crippen molar-refractivity contribution in [1.82, 2.24) is 4.67 Å². The lowest BCUT2D eigenvalue weighted by molar-refractivity contribution is -0.141. The van der Waals surface area contributed by atoms with Crippen LogP contribution >= 0.6 is 15.3 Å². The fraction of sp³-hybridized carbons (Fsp3) is 0.778. The maximum absolute atomic E-state index is 12.4. The molecule has 0 fully saturated rings. The minimum absolute atomic E-state index is 0.0543. The lowest BCUT2D eigenvalue weighted by Gasteiger charge is -2.32. The van der Waals surface area contributed by atoms with Gasteiger partial charge in [-0.25, -0.2) is 14.0 Å². The summed E-state index contributed by atoms with van der Waals surface area (Å²) in [6.45, 7) is 3.61. The third kappa shape index (κ3) is 5.18. The molecule has 0 saturated heterocycles. The Morgan fingerprint density at radius 1 is 1.14 bits per heavy atom. The summed E-state index contributed by atoms with van der Waals surface area (Å²) in [5, 5.41) is 9.09. The van der Waals surface area contributed by atoms with Crippen LogP contribution in [0.2, 0.25) is 0 Å². The highest BCUT2D eigenvalue weighted by molar-refractivity contribution is 7.57. The number of nitrogens with zero attached hydrogens (tertiary/aromatic N) is 1. The van der Waals surface area contributed by atoms with Crippen LogP contribution in [-0.2, 0) is 32.3 Å². The zero-order chi connectivity index (χ0) is 16.7. The van der Waals surface area contributed by atoms with Gasteiger partial charge in [-0.2, -0.15) is 0 Å². The molecule has 12 heteroatoms. The van der Waals surface area contributed by atoms with Gasteiger partial charge >= 0.3 is 21.3 Å². The Balaban J connectivity index is 5.82. The number of amides is 1. The van der Waals surface area contributed by atoms with Gasteiger partial charge in [-0.3, -0.25) is 18.4 Å². The molecule has 0 aliphatic heterocycles. The van der Waals surface area contributed by atoms with Crippen molar-refractivity contribution in [2.24, 2.45) is 0 Å². The van der Waals surface area contributed by atoms with Crippen molar-refractivity contribution in [3.63, 3.8) is 0 Å². The van der Waals surface area contributed by atoms with E-state index in [1.165, 1.54) is 20.8 Å². The maximum Gasteiger partial charge on any atom is 0.438 e. The van der Waals surface area contributed by atoms with E-state index in [0.29, 0.717) is 0 Å². The molecule has 0 spiro atoms. The molecule has 0 aliphatic rings. The maximum atomic E-state index is 12.4. The number of carbonyl (C=O) groups is 2. The van der Waals surface area contributed by atoms with Crippen molar-refractivity contribution >= 4 is 27.7 Å². The van der Waals surface area contributed by atoms with Gasteiger partial charge in [0.2, 0.25) is 12.2 Å². The standard InChI is InChI=1S/C9H19NO9P2/c1-4-17-20(14,15)8(9(12)13)10(7-11)21(16,18-5-2)19-6-3/h7-8H,4-6H2,1-3H3,(H,12,13)(H,14,15)/t8-/m0/s1. The van der Waals surface area contributed by atoms with E-state index in [4.69, 9.17) is 14.2 Å². The number of hydrogen-bond acceptors (Lipinski definition) is 7. The molecule has 124 valence electrons. The Morgan fingerprint density at radius 3 is 1.86 bits per heavy atom. The molecule has 1 unspecified atom stereocenters. The van der Waals surface area contributed by atoms with Gasteiger partial charge in [-0.1, -0.05) is 0 Å². The van der Waals surface area contributed by atoms with Crippen LogP contribution in [0.3, 0.4) is 0 Å². The Morgan fingerprint density at radius 2 is 1.57 bits per heavy atom. The predicted octanol–water partition coefficient (Wildman–Crippen LogP) is 1.26. The average Bonchev–Trinajstić information content (AvgIpc) is 2.35. The van der Waals surface area contributed by atoms with E-state index in [-0.39, 0.29) is 30.9 Å². The molecule has 0 saturated carbocycles. The summed E-state index contributed by atoms with van der Waals surface area (Å²) in [6.07, 6.45) is -0.174. The molecule has 21 heavy (non-hydrogen) atoms. The number of rotatable bonds is 11. The highest BCUT2D eigenvalue weighted by Gasteiger charge is 2.51. The smallest absolute Gasteiger partial charge is 0.438 e. The van der Waals surface area contributed by atoms with Crippen molar-refractivity contribution in [2.75, 3.05) is 19.8 Å². The van der Waals surface area contributed by atoms with E-state index in [1.54, 1.807) is 0 Å². The topological polar surface area (TPSA) is 140 Å². The van der Waals surface area contributed by atoms with Crippen molar-refractivity contribution in [3.05, 3.63) is 0 Å². The first-order valence-electron chi connectivity index (χ1n) is 6.03. The average molecular weight is 347 g/mol. The lowest BCUT2D eigenvalue weighted by Crippen LogP contribution is -2.39. The first kappa shape index (κ1) is 20.2. The second-order valence-corrected chi connectivity index (χ2v) is 7.27. The Kier molecular flexibility index (Phi) is 8.31. The zero-order valence-electron chi connectivity index (χ0n) is 11.9. The summed E-state index contributed by atoms with van der Waals surface area (Å²) in [6, 6.07) is 0. The van der Waals surface area contributed by atoms with Crippen molar-refractivity contribution in [1.29, 1.82) is 0 Å². The normalized spacial score (nSPS) is 16.0. The summed E-state index contributed by atoms with van der Waals surface area (Å²) < 4.78 is 38.5. The van der Waals surface area contributed by atoms with Crippen LogP contribution in [0.15, 0.2) is 0 Å². The van der Waals surface area contributed by atoms with Gasteiger partial charge in [-0.15, -0.1) is 0 Å². The first-order valence-corrected chi connectivity index (χ1v) is 9.17. The van der Waals surface area contributed by atoms with Crippen LogP contribution in [-0.4, -0.2) is 52.7 Å². The zero-order valence-corrected chi connectivity index (χ0v) is 13.7. The van der Waals surface area contributed by atoms with Crippen molar-refractivity contribution < 1.29 is 42.3 Å². The number of aliphatic carboxylic acids is 1. The van der Waals surface area contributed by atoms with Crippen LogP contribution in [0, 0.1) is 0 Å². The minimum atomic E-state index is -4.81. The van der Waals surface area contributed by atoms with Gasteiger partial charge in [0.15, 0.2) is 0 Å². The van der Waals surface area contributed by atoms with Gasteiger partial charge in [0.05, 0.1) is 19.8 Å². The highest BCUT2D eigenvalue weighted by atomic mass is 31.2. The van der Waals surface area contributed by atoms with Gasteiger partial charge in [0, 0.05) is 0 Å². The van der Waals surface area contributed by atoms with Crippen molar-refractivity contribution in [2.45, 2.75) is 26.6 Å². The molecule has 2 N–H and O–H groups in total. The van der Waals surface area contributed by atoms with E-state index >= 15 is 0 Å². The van der Waals surface area contributed by atoms with Gasteiger partial charge in [0.25, 0.3) is 0 Å². The van der Waals surface area contributed by atoms with Crippen LogP contribution in [0.25, 0.3) is 0 Å². The Hall–Kier alpha value is -0.760. The van der Waals surface area contributed by atoms with E-state index in [9.17, 15) is 23.6 Å². The largest absolute Gasteiger partial charge is 0.479 e. The van der Waals surface area contributed by atoms with Gasteiger partial charge in [0.1, 0.15) is 0 Å². The van der Waals surface area contributed by atoms with E-state index in [2.05, 4.69) is 4.52 Å². The monoisotopic (exact) mass is 347 g/mol. The minimum Gasteiger partial charge on any atom is -0.479 e. The molecular formula is C9H19NO9P2. The molecule has 10 nitrogen and oxygen atoms in total. The predicted molar refractivity (Wildman–Crippen MR) is 71.6 cm³/mol. The molecule has 0 heterocycles. The molecule has 0 aliphatic carbocycles. The SMILES string of the molecule is CCOP(=O)(O)[C@@H](C(=O)O)N(C=O)P(=O)(OCC)OCC. The number of hydrogen-bond donors (Lipinski definition) is 2. The molecule has 0 bridgehead atoms. The summed E-state index contributed by atoms with van der Waals surface area (Å²) >= 11 is 0. The first-order chi connectivity index (χ1) is 9.70. The van der Waals surface area contributed by atoms with E-state index < -0.39 is 27.1 Å². The summed E-state index contributed by atoms with van der Waals surface area (Å²) in [5.74, 6) is -4.28. The third-order valence-electron chi connectivity index (χ3n) is 2.07. The van der Waals surface area contributed by atoms with Crippen LogP contribution < -0.4 is 0 Å². The third-order valence-corrected chi connectivity index (χ3v) is 6.03. The van der Waals surface area contributed by atoms with Gasteiger partial charge in [-0.05, 0) is 20.8 Å². The molecule has 0 rings (SSSR count). The quantitative estimate of drug-likeness (QED) is 0.417. The summed E-state index contributed by atoms with van der Waals surface area (Å²) in [4.78, 5) is 32.0. The molecule has 0 aromatic rings. The Labute approximate surface area is 122 Å². The molecule has 0 aromatic heterocycles. The molecule has 2 atom stereocenters. The molecule has 0 radical (unpaired) electrons. The second-order valence-electron chi connectivity index (χ2n) is 3.48. The van der Waals surface area contributed by atoms with Crippen LogP contribution in [0.5, 0.6) is 0 Å².